The van der Waals surface area contributed by atoms with Crippen LogP contribution < -0.4 is 5.32 Å². The van der Waals surface area contributed by atoms with E-state index in [2.05, 4.69) is 5.32 Å². The smallest absolute Gasteiger partial charge is 0.317 e. The number of nitrogens with one attached hydrogen (secondary N) is 1. The Morgan fingerprint density at radius 2 is 2.24 bits per heavy atom. The molecule has 6 heteroatoms. The number of aliphatic hydroxyl groups is 1. The minimum Gasteiger partial charge on any atom is -0.391 e. The molecule has 0 aromatic heterocycles. The Kier molecular flexibility index (Phi) is 5.06. The zero-order chi connectivity index (χ0) is 15.6. The van der Waals surface area contributed by atoms with E-state index >= 15 is 0 Å². The molecule has 116 valence electrons. The lowest BCUT2D eigenvalue weighted by Gasteiger charge is -2.24. The van der Waals surface area contributed by atoms with Crippen molar-refractivity contribution in [2.24, 2.45) is 5.92 Å². The van der Waals surface area contributed by atoms with E-state index in [4.69, 9.17) is 11.6 Å². The molecule has 4 nitrogen and oxygen atoms in total. The molecule has 1 aliphatic carbocycles. The maximum Gasteiger partial charge on any atom is 0.317 e. The van der Waals surface area contributed by atoms with E-state index in [0.29, 0.717) is 5.92 Å². The minimum atomic E-state index is -0.549. The van der Waals surface area contributed by atoms with Crippen LogP contribution in [0.4, 0.5) is 9.18 Å². The van der Waals surface area contributed by atoms with Crippen LogP contribution in [-0.2, 0) is 0 Å². The molecule has 21 heavy (non-hydrogen) atoms. The molecular weight excluding hydrogens is 295 g/mol. The van der Waals surface area contributed by atoms with Crippen LogP contribution >= 0.6 is 11.6 Å². The second-order valence-corrected chi connectivity index (χ2v) is 6.00. The SMILES string of the molecule is CC(NC(=O)N(C)CC(O)C1CC1)c1c(F)cccc1Cl. The summed E-state index contributed by atoms with van der Waals surface area (Å²) in [4.78, 5) is 13.5. The topological polar surface area (TPSA) is 52.6 Å². The Balaban J connectivity index is 1.94. The number of rotatable bonds is 5. The Morgan fingerprint density at radius 3 is 2.81 bits per heavy atom. The van der Waals surface area contributed by atoms with Gasteiger partial charge in [0.15, 0.2) is 0 Å². The first kappa shape index (κ1) is 16.0. The largest absolute Gasteiger partial charge is 0.391 e. The van der Waals surface area contributed by atoms with Crippen molar-refractivity contribution in [1.29, 1.82) is 0 Å². The second-order valence-electron chi connectivity index (χ2n) is 5.59. The van der Waals surface area contributed by atoms with Gasteiger partial charge in [-0.25, -0.2) is 9.18 Å². The summed E-state index contributed by atoms with van der Waals surface area (Å²) in [5.74, 6) is -0.144. The van der Waals surface area contributed by atoms with Crippen molar-refractivity contribution in [3.8, 4) is 0 Å². The van der Waals surface area contributed by atoms with Crippen molar-refractivity contribution in [3.05, 3.63) is 34.6 Å². The molecule has 0 bridgehead atoms. The van der Waals surface area contributed by atoms with Crippen LogP contribution in [0.3, 0.4) is 0 Å². The number of halogens is 2. The lowest BCUT2D eigenvalue weighted by molar-refractivity contribution is 0.112. The molecule has 0 spiro atoms. The number of urea groups is 1. The van der Waals surface area contributed by atoms with Crippen molar-refractivity contribution in [1.82, 2.24) is 10.2 Å². The summed E-state index contributed by atoms with van der Waals surface area (Å²) in [7, 11) is 1.61. The molecule has 1 aromatic carbocycles. The van der Waals surface area contributed by atoms with Crippen LogP contribution in [0, 0.1) is 11.7 Å². The molecule has 2 amide bonds. The number of hydrogen-bond donors (Lipinski definition) is 2. The molecule has 0 heterocycles. The fraction of sp³-hybridized carbons (Fsp3) is 0.533. The van der Waals surface area contributed by atoms with Crippen molar-refractivity contribution >= 4 is 17.6 Å². The third kappa shape index (κ3) is 4.08. The number of carbonyl (C=O) groups is 1. The summed E-state index contributed by atoms with van der Waals surface area (Å²) in [6.07, 6.45) is 1.53. The summed E-state index contributed by atoms with van der Waals surface area (Å²) in [6, 6.07) is 3.51. The highest BCUT2D eigenvalue weighted by Crippen LogP contribution is 2.32. The molecule has 2 rings (SSSR count). The fourth-order valence-corrected chi connectivity index (χ4v) is 2.61. The molecule has 1 saturated carbocycles. The maximum atomic E-state index is 13.8. The van der Waals surface area contributed by atoms with Gasteiger partial charge in [0.25, 0.3) is 0 Å². The third-order valence-corrected chi connectivity index (χ3v) is 4.08. The lowest BCUT2D eigenvalue weighted by Crippen LogP contribution is -2.42. The van der Waals surface area contributed by atoms with E-state index in [0.717, 1.165) is 12.8 Å². The van der Waals surface area contributed by atoms with Crippen LogP contribution in [0.2, 0.25) is 5.02 Å². The maximum absolute atomic E-state index is 13.8. The van der Waals surface area contributed by atoms with Crippen LogP contribution in [0.5, 0.6) is 0 Å². The molecule has 1 aromatic rings. The first-order valence-electron chi connectivity index (χ1n) is 7.03. The van der Waals surface area contributed by atoms with Gasteiger partial charge in [-0.2, -0.15) is 0 Å². The highest BCUT2D eigenvalue weighted by Gasteiger charge is 2.31. The number of aliphatic hydroxyl groups excluding tert-OH is 1. The average molecular weight is 315 g/mol. The van der Waals surface area contributed by atoms with E-state index in [9.17, 15) is 14.3 Å². The first-order chi connectivity index (χ1) is 9.90. The average Bonchev–Trinajstić information content (AvgIpc) is 3.22. The minimum absolute atomic E-state index is 0.267. The van der Waals surface area contributed by atoms with E-state index < -0.39 is 18.0 Å². The van der Waals surface area contributed by atoms with Crippen molar-refractivity contribution in [3.63, 3.8) is 0 Å². The summed E-state index contributed by atoms with van der Waals surface area (Å²) in [5.41, 5.74) is 0.267. The van der Waals surface area contributed by atoms with Crippen LogP contribution in [-0.4, -0.2) is 35.7 Å². The van der Waals surface area contributed by atoms with Crippen LogP contribution in [0.25, 0.3) is 0 Å². The predicted molar refractivity (Wildman–Crippen MR) is 79.7 cm³/mol. The van der Waals surface area contributed by atoms with E-state index in [1.165, 1.54) is 17.0 Å². The van der Waals surface area contributed by atoms with Gasteiger partial charge >= 0.3 is 6.03 Å². The molecule has 0 radical (unpaired) electrons. The third-order valence-electron chi connectivity index (χ3n) is 3.75. The number of amides is 2. The first-order valence-corrected chi connectivity index (χ1v) is 7.41. The van der Waals surface area contributed by atoms with Gasteiger partial charge in [0.1, 0.15) is 5.82 Å². The van der Waals surface area contributed by atoms with Crippen LogP contribution in [0.15, 0.2) is 18.2 Å². The normalized spacial score (nSPS) is 17.2. The Bertz CT molecular complexity index is 502. The van der Waals surface area contributed by atoms with E-state index in [-0.39, 0.29) is 23.2 Å². The number of nitrogens with zero attached hydrogens (tertiary/aromatic N) is 1. The van der Waals surface area contributed by atoms with Crippen molar-refractivity contribution in [2.75, 3.05) is 13.6 Å². The van der Waals surface area contributed by atoms with Gasteiger partial charge in [-0.3, -0.25) is 0 Å². The molecule has 0 aliphatic heterocycles. The molecule has 1 fully saturated rings. The van der Waals surface area contributed by atoms with Gasteiger partial charge in [-0.05, 0) is 37.8 Å². The Labute approximate surface area is 128 Å². The van der Waals surface area contributed by atoms with Crippen molar-refractivity contribution < 1.29 is 14.3 Å². The summed E-state index contributed by atoms with van der Waals surface area (Å²) in [6.45, 7) is 1.95. The molecular formula is C15H20ClFN2O2. The van der Waals surface area contributed by atoms with Crippen molar-refractivity contribution in [2.45, 2.75) is 31.9 Å². The number of benzene rings is 1. The van der Waals surface area contributed by atoms with Gasteiger partial charge < -0.3 is 15.3 Å². The Hall–Kier alpha value is -1.33. The van der Waals surface area contributed by atoms with Gasteiger partial charge in [0.2, 0.25) is 0 Å². The van der Waals surface area contributed by atoms with Gasteiger partial charge in [0, 0.05) is 24.2 Å². The van der Waals surface area contributed by atoms with Gasteiger partial charge in [-0.1, -0.05) is 17.7 Å². The predicted octanol–water partition coefficient (Wildman–Crippen LogP) is 2.95. The highest BCUT2D eigenvalue weighted by molar-refractivity contribution is 6.31. The molecule has 2 unspecified atom stereocenters. The monoisotopic (exact) mass is 314 g/mol. The second kappa shape index (κ2) is 6.62. The van der Waals surface area contributed by atoms with Gasteiger partial charge in [0.05, 0.1) is 12.1 Å². The highest BCUT2D eigenvalue weighted by atomic mass is 35.5. The summed E-state index contributed by atoms with van der Waals surface area (Å²) in [5, 5.41) is 12.8. The quantitative estimate of drug-likeness (QED) is 0.878. The number of hydrogen-bond acceptors (Lipinski definition) is 2. The molecule has 1 aliphatic rings. The molecule has 2 atom stereocenters. The molecule has 0 saturated heterocycles. The number of likely N-dealkylation sites (N-methyl/N-ethyl adjacent to an activating group) is 1. The van der Waals surface area contributed by atoms with Gasteiger partial charge in [-0.15, -0.1) is 0 Å². The fourth-order valence-electron chi connectivity index (χ4n) is 2.29. The zero-order valence-corrected chi connectivity index (χ0v) is 12.9. The lowest BCUT2D eigenvalue weighted by atomic mass is 10.1. The standard InChI is InChI=1S/C15H20ClFN2O2/c1-9(14-11(16)4-3-5-12(14)17)18-15(21)19(2)8-13(20)10-6-7-10/h3-5,9-10,13,20H,6-8H2,1-2H3,(H,18,21). The Morgan fingerprint density at radius 1 is 1.57 bits per heavy atom. The molecule has 2 N–H and O–H groups in total. The van der Waals surface area contributed by atoms with E-state index in [1.807, 2.05) is 0 Å². The zero-order valence-electron chi connectivity index (χ0n) is 12.1. The van der Waals surface area contributed by atoms with E-state index in [1.54, 1.807) is 20.0 Å². The van der Waals surface area contributed by atoms with Crippen LogP contribution in [0.1, 0.15) is 31.4 Å². The summed E-state index contributed by atoms with van der Waals surface area (Å²) >= 11 is 5.98. The summed E-state index contributed by atoms with van der Waals surface area (Å²) < 4.78 is 13.8. The number of carbonyl (C=O) groups excluding carboxylic acids is 1.